The molecule has 1 aromatic carbocycles. The Hall–Kier alpha value is -3.38. The Morgan fingerprint density at radius 2 is 1.62 bits per heavy atom. The molecule has 7 nitrogen and oxygen atoms in total. The molecule has 0 saturated carbocycles. The summed E-state index contributed by atoms with van der Waals surface area (Å²) in [6.45, 7) is 3.59. The predicted octanol–water partition coefficient (Wildman–Crippen LogP) is 4.09. The fourth-order valence-corrected chi connectivity index (χ4v) is 2.73. The van der Waals surface area contributed by atoms with E-state index in [0.717, 1.165) is 0 Å². The maximum absolute atomic E-state index is 13.1. The van der Waals surface area contributed by atoms with Crippen LogP contribution in [0.15, 0.2) is 35.7 Å². The van der Waals surface area contributed by atoms with Crippen molar-refractivity contribution in [2.24, 2.45) is 5.16 Å². The monoisotopic (exact) mass is 463 g/mol. The summed E-state index contributed by atoms with van der Waals surface area (Å²) < 4.78 is 78.3. The van der Waals surface area contributed by atoms with Gasteiger partial charge in [0.25, 0.3) is 5.91 Å². The maximum Gasteiger partial charge on any atom is 0.416 e. The number of aromatic nitrogens is 2. The Kier molecular flexibility index (Phi) is 7.31. The molecule has 1 heterocycles. The van der Waals surface area contributed by atoms with Gasteiger partial charge in [0.15, 0.2) is 5.84 Å². The normalized spacial score (nSPS) is 13.6. The van der Waals surface area contributed by atoms with Gasteiger partial charge in [0, 0.05) is 31.5 Å². The second kappa shape index (κ2) is 9.40. The summed E-state index contributed by atoms with van der Waals surface area (Å²) in [7, 11) is 1.60. The highest BCUT2D eigenvalue weighted by molar-refractivity contribution is 5.98. The number of nitrogens with one attached hydrogen (secondary N) is 1. The molecular weight excluding hydrogens is 444 g/mol. The number of amides is 1. The topological polar surface area (TPSA) is 90.7 Å². The lowest BCUT2D eigenvalue weighted by molar-refractivity contribution is -0.143. The quantitative estimate of drug-likeness (QED) is 0.229. The van der Waals surface area contributed by atoms with E-state index in [1.54, 1.807) is 14.0 Å². The van der Waals surface area contributed by atoms with Crippen molar-refractivity contribution in [1.82, 2.24) is 20.2 Å². The second-order valence-corrected chi connectivity index (χ2v) is 6.72. The number of halogens is 6. The van der Waals surface area contributed by atoms with Crippen LogP contribution in [0.25, 0.3) is 0 Å². The van der Waals surface area contributed by atoms with Gasteiger partial charge < -0.3 is 15.4 Å². The largest absolute Gasteiger partial charge is 0.416 e. The third-order valence-electron chi connectivity index (χ3n) is 4.48. The highest BCUT2D eigenvalue weighted by atomic mass is 19.4. The molecule has 1 unspecified atom stereocenters. The number of hydrogen-bond acceptors (Lipinski definition) is 5. The number of alkyl halides is 6. The summed E-state index contributed by atoms with van der Waals surface area (Å²) in [5.41, 5.74) is -3.87. The average molecular weight is 463 g/mol. The lowest BCUT2D eigenvalue weighted by Crippen LogP contribution is -2.33. The van der Waals surface area contributed by atoms with Gasteiger partial charge in [-0.1, -0.05) is 5.16 Å². The summed E-state index contributed by atoms with van der Waals surface area (Å²) in [6.07, 6.45) is -7.60. The SMILES string of the molecule is CCN(C)C(=NO)c1nccnc1C(C)NC(=O)c1cc(C(F)(F)F)cc(C(F)(F)F)c1. The number of nitrogens with zero attached hydrogens (tertiary/aromatic N) is 4. The van der Waals surface area contributed by atoms with Crippen molar-refractivity contribution in [2.75, 3.05) is 13.6 Å². The zero-order valence-electron chi connectivity index (χ0n) is 17.1. The molecule has 1 atom stereocenters. The van der Waals surface area contributed by atoms with Gasteiger partial charge in [-0.05, 0) is 32.0 Å². The molecule has 0 aliphatic rings. The van der Waals surface area contributed by atoms with E-state index in [1.807, 2.05) is 0 Å². The fourth-order valence-electron chi connectivity index (χ4n) is 2.73. The van der Waals surface area contributed by atoms with Crippen LogP contribution in [0, 0.1) is 0 Å². The van der Waals surface area contributed by atoms with Crippen LogP contribution in [0.1, 0.15) is 52.8 Å². The molecule has 174 valence electrons. The van der Waals surface area contributed by atoms with E-state index < -0.39 is 41.0 Å². The number of benzene rings is 1. The predicted molar refractivity (Wildman–Crippen MR) is 101 cm³/mol. The molecule has 0 bridgehead atoms. The molecule has 2 rings (SSSR count). The number of amidine groups is 1. The molecule has 0 saturated heterocycles. The van der Waals surface area contributed by atoms with Crippen molar-refractivity contribution in [2.45, 2.75) is 32.2 Å². The van der Waals surface area contributed by atoms with Crippen LogP contribution < -0.4 is 5.32 Å². The third-order valence-corrected chi connectivity index (χ3v) is 4.48. The van der Waals surface area contributed by atoms with E-state index in [-0.39, 0.29) is 23.3 Å². The van der Waals surface area contributed by atoms with Crippen LogP contribution in [-0.4, -0.2) is 45.4 Å². The van der Waals surface area contributed by atoms with Gasteiger partial charge in [0.2, 0.25) is 0 Å². The second-order valence-electron chi connectivity index (χ2n) is 6.72. The number of carbonyl (C=O) groups is 1. The van der Waals surface area contributed by atoms with E-state index in [4.69, 9.17) is 0 Å². The van der Waals surface area contributed by atoms with Gasteiger partial charge in [-0.2, -0.15) is 26.3 Å². The third kappa shape index (κ3) is 5.65. The molecule has 0 radical (unpaired) electrons. The van der Waals surface area contributed by atoms with Crippen molar-refractivity contribution < 1.29 is 36.3 Å². The number of hydrogen-bond donors (Lipinski definition) is 2. The molecule has 2 N–H and O–H groups in total. The first-order chi connectivity index (χ1) is 14.8. The summed E-state index contributed by atoms with van der Waals surface area (Å²) in [4.78, 5) is 22.2. The molecule has 0 aliphatic heterocycles. The first kappa shape index (κ1) is 24.9. The van der Waals surface area contributed by atoms with Gasteiger partial charge >= 0.3 is 12.4 Å². The van der Waals surface area contributed by atoms with E-state index in [1.165, 1.54) is 24.2 Å². The Morgan fingerprint density at radius 1 is 1.09 bits per heavy atom. The van der Waals surface area contributed by atoms with Gasteiger partial charge in [-0.15, -0.1) is 0 Å². The first-order valence-corrected chi connectivity index (χ1v) is 9.14. The fraction of sp³-hybridized carbons (Fsp3) is 0.368. The van der Waals surface area contributed by atoms with Gasteiger partial charge in [-0.25, -0.2) is 4.98 Å². The van der Waals surface area contributed by atoms with Crippen molar-refractivity contribution in [3.05, 3.63) is 58.7 Å². The van der Waals surface area contributed by atoms with Crippen LogP contribution in [0.3, 0.4) is 0 Å². The zero-order valence-corrected chi connectivity index (χ0v) is 17.1. The van der Waals surface area contributed by atoms with Crippen molar-refractivity contribution in [1.29, 1.82) is 0 Å². The molecular formula is C19H19F6N5O2. The lowest BCUT2D eigenvalue weighted by Gasteiger charge is -2.21. The van der Waals surface area contributed by atoms with Crippen molar-refractivity contribution >= 4 is 11.7 Å². The summed E-state index contributed by atoms with van der Waals surface area (Å²) in [6, 6.07) is -0.399. The molecule has 0 fully saturated rings. The Morgan fingerprint density at radius 3 is 2.09 bits per heavy atom. The standard InChI is InChI=1S/C19H19F6N5O2/c1-4-30(3)16(29-32)15-14(26-5-6-27-15)10(2)28-17(31)11-7-12(18(20,21)22)9-13(8-11)19(23,24)25/h5-10,32H,4H2,1-3H3,(H,28,31). The van der Waals surface area contributed by atoms with Crippen molar-refractivity contribution in [3.63, 3.8) is 0 Å². The van der Waals surface area contributed by atoms with E-state index in [2.05, 4.69) is 20.4 Å². The van der Waals surface area contributed by atoms with Gasteiger partial charge in [0.05, 0.1) is 22.9 Å². The molecule has 32 heavy (non-hydrogen) atoms. The molecule has 0 aliphatic carbocycles. The van der Waals surface area contributed by atoms with Crippen LogP contribution in [0.2, 0.25) is 0 Å². The minimum Gasteiger partial charge on any atom is -0.409 e. The summed E-state index contributed by atoms with van der Waals surface area (Å²) >= 11 is 0. The zero-order chi connectivity index (χ0) is 24.3. The first-order valence-electron chi connectivity index (χ1n) is 9.14. The number of rotatable bonds is 5. The van der Waals surface area contributed by atoms with Gasteiger partial charge in [0.1, 0.15) is 5.69 Å². The Balaban J connectivity index is 2.43. The van der Waals surface area contributed by atoms with Crippen molar-refractivity contribution in [3.8, 4) is 0 Å². The summed E-state index contributed by atoms with van der Waals surface area (Å²) in [5.74, 6) is -1.17. The van der Waals surface area contributed by atoms with Crippen LogP contribution in [0.4, 0.5) is 26.3 Å². The minimum absolute atomic E-state index is 0.00938. The summed E-state index contributed by atoms with van der Waals surface area (Å²) in [5, 5.41) is 14.8. The smallest absolute Gasteiger partial charge is 0.409 e. The highest BCUT2D eigenvalue weighted by Gasteiger charge is 2.37. The molecule has 1 aromatic heterocycles. The lowest BCUT2D eigenvalue weighted by atomic mass is 10.0. The number of oxime groups is 1. The Bertz CT molecular complexity index is 974. The van der Waals surface area contributed by atoms with Gasteiger partial charge in [-0.3, -0.25) is 9.78 Å². The Labute approximate surface area is 178 Å². The molecule has 1 amide bonds. The van der Waals surface area contributed by atoms with E-state index in [9.17, 15) is 36.3 Å². The molecule has 0 spiro atoms. The van der Waals surface area contributed by atoms with Crippen LogP contribution in [0.5, 0.6) is 0 Å². The van der Waals surface area contributed by atoms with Crippen LogP contribution >= 0.6 is 0 Å². The van der Waals surface area contributed by atoms with Crippen LogP contribution in [-0.2, 0) is 12.4 Å². The highest BCUT2D eigenvalue weighted by Crippen LogP contribution is 2.36. The average Bonchev–Trinajstić information content (AvgIpc) is 2.72. The molecule has 13 heteroatoms. The molecule has 2 aromatic rings. The van der Waals surface area contributed by atoms with E-state index in [0.29, 0.717) is 18.7 Å². The van der Waals surface area contributed by atoms with E-state index >= 15 is 0 Å². The number of carbonyl (C=O) groups excluding carboxylic acids is 1. The maximum atomic E-state index is 13.1. The minimum atomic E-state index is -5.09.